The van der Waals surface area contributed by atoms with E-state index in [0.717, 1.165) is 6.42 Å². The van der Waals surface area contributed by atoms with Gasteiger partial charge in [0.2, 0.25) is 0 Å². The highest BCUT2D eigenvalue weighted by molar-refractivity contribution is 7.11. The summed E-state index contributed by atoms with van der Waals surface area (Å²) in [4.78, 5) is 2.77. The summed E-state index contributed by atoms with van der Waals surface area (Å²) in [5.41, 5.74) is 1.38. The molecule has 1 nitrogen and oxygen atoms in total. The van der Waals surface area contributed by atoms with Crippen molar-refractivity contribution in [2.45, 2.75) is 25.4 Å². The highest BCUT2D eigenvalue weighted by Crippen LogP contribution is 2.29. The maximum atomic E-state index is 3.79. The first-order valence-corrected chi connectivity index (χ1v) is 8.95. The molecule has 2 aromatic heterocycles. The molecule has 1 unspecified atom stereocenters. The SMILES string of the molecule is CC(Cc1ccccc1)NC(c1cccs1)c1cccs1. The topological polar surface area (TPSA) is 12.0 Å². The van der Waals surface area contributed by atoms with Crippen molar-refractivity contribution in [2.24, 2.45) is 0 Å². The first-order valence-electron chi connectivity index (χ1n) is 7.19. The quantitative estimate of drug-likeness (QED) is 0.666. The lowest BCUT2D eigenvalue weighted by Gasteiger charge is -2.22. The molecule has 0 aliphatic rings. The van der Waals surface area contributed by atoms with Crippen LogP contribution in [-0.4, -0.2) is 6.04 Å². The molecule has 0 saturated heterocycles. The second kappa shape index (κ2) is 7.03. The van der Waals surface area contributed by atoms with Crippen LogP contribution in [0.4, 0.5) is 0 Å². The normalized spacial score (nSPS) is 12.7. The summed E-state index contributed by atoms with van der Waals surface area (Å²) in [5.74, 6) is 0. The van der Waals surface area contributed by atoms with Gasteiger partial charge < -0.3 is 5.32 Å². The minimum atomic E-state index is 0.309. The molecule has 108 valence electrons. The Morgan fingerprint density at radius 1 is 0.857 bits per heavy atom. The van der Waals surface area contributed by atoms with E-state index in [4.69, 9.17) is 0 Å². The van der Waals surface area contributed by atoms with E-state index >= 15 is 0 Å². The van der Waals surface area contributed by atoms with Crippen LogP contribution in [-0.2, 0) is 6.42 Å². The number of hydrogen-bond acceptors (Lipinski definition) is 3. The van der Waals surface area contributed by atoms with E-state index in [1.807, 2.05) is 22.7 Å². The average Bonchev–Trinajstić information content (AvgIpc) is 3.19. The fraction of sp³-hybridized carbons (Fsp3) is 0.222. The molecule has 0 bridgehead atoms. The lowest BCUT2D eigenvalue weighted by atomic mass is 10.1. The van der Waals surface area contributed by atoms with E-state index in [-0.39, 0.29) is 0 Å². The van der Waals surface area contributed by atoms with Crippen molar-refractivity contribution in [3.05, 3.63) is 80.7 Å². The van der Waals surface area contributed by atoms with Crippen LogP contribution in [0, 0.1) is 0 Å². The summed E-state index contributed by atoms with van der Waals surface area (Å²) >= 11 is 3.64. The molecule has 21 heavy (non-hydrogen) atoms. The van der Waals surface area contributed by atoms with Gasteiger partial charge in [-0.2, -0.15) is 0 Å². The lowest BCUT2D eigenvalue weighted by molar-refractivity contribution is 0.505. The fourth-order valence-corrected chi connectivity index (χ4v) is 4.21. The van der Waals surface area contributed by atoms with Gasteiger partial charge in [-0.25, -0.2) is 0 Å². The molecule has 1 N–H and O–H groups in total. The molecular weight excluding hydrogens is 294 g/mol. The van der Waals surface area contributed by atoms with Crippen LogP contribution < -0.4 is 5.32 Å². The Hall–Kier alpha value is -1.42. The van der Waals surface area contributed by atoms with Crippen molar-refractivity contribution < 1.29 is 0 Å². The Morgan fingerprint density at radius 2 is 1.48 bits per heavy atom. The van der Waals surface area contributed by atoms with E-state index in [9.17, 15) is 0 Å². The van der Waals surface area contributed by atoms with Crippen molar-refractivity contribution in [3.63, 3.8) is 0 Å². The molecule has 1 aromatic carbocycles. The molecule has 0 aliphatic carbocycles. The summed E-state index contributed by atoms with van der Waals surface area (Å²) in [5, 5.41) is 8.10. The van der Waals surface area contributed by atoms with Crippen LogP contribution in [0.2, 0.25) is 0 Å². The third-order valence-corrected chi connectivity index (χ3v) is 5.37. The molecule has 0 spiro atoms. The van der Waals surface area contributed by atoms with Crippen LogP contribution in [0.5, 0.6) is 0 Å². The van der Waals surface area contributed by atoms with Crippen molar-refractivity contribution in [1.29, 1.82) is 0 Å². The molecule has 3 heteroatoms. The first-order chi connectivity index (χ1) is 10.3. The highest BCUT2D eigenvalue weighted by Gasteiger charge is 2.18. The van der Waals surface area contributed by atoms with Crippen molar-refractivity contribution in [2.75, 3.05) is 0 Å². The van der Waals surface area contributed by atoms with Gasteiger partial charge in [0.25, 0.3) is 0 Å². The Kier molecular flexibility index (Phi) is 4.86. The summed E-state index contributed by atoms with van der Waals surface area (Å²) < 4.78 is 0. The average molecular weight is 313 g/mol. The summed E-state index contributed by atoms with van der Waals surface area (Å²) in [7, 11) is 0. The first kappa shape index (κ1) is 14.5. The number of rotatable bonds is 6. The van der Waals surface area contributed by atoms with Gasteiger partial charge in [-0.3, -0.25) is 0 Å². The van der Waals surface area contributed by atoms with E-state index < -0.39 is 0 Å². The molecule has 3 rings (SSSR count). The largest absolute Gasteiger partial charge is 0.302 e. The van der Waals surface area contributed by atoms with E-state index in [0.29, 0.717) is 12.1 Å². The lowest BCUT2D eigenvalue weighted by Crippen LogP contribution is -2.32. The Morgan fingerprint density at radius 3 is 2.00 bits per heavy atom. The smallest absolute Gasteiger partial charge is 0.0767 e. The molecule has 3 aromatic rings. The molecular formula is C18H19NS2. The predicted octanol–water partition coefficient (Wildman–Crippen LogP) is 5.12. The molecule has 0 aliphatic heterocycles. The summed E-state index contributed by atoms with van der Waals surface area (Å²) in [6, 6.07) is 20.1. The third kappa shape index (κ3) is 3.82. The van der Waals surface area contributed by atoms with Crippen LogP contribution >= 0.6 is 22.7 Å². The van der Waals surface area contributed by atoms with Gasteiger partial charge in [0, 0.05) is 15.8 Å². The molecule has 0 saturated carbocycles. The zero-order valence-corrected chi connectivity index (χ0v) is 13.7. The predicted molar refractivity (Wildman–Crippen MR) is 93.2 cm³/mol. The minimum Gasteiger partial charge on any atom is -0.302 e. The number of benzene rings is 1. The van der Waals surface area contributed by atoms with Crippen molar-refractivity contribution in [3.8, 4) is 0 Å². The van der Waals surface area contributed by atoms with Crippen LogP contribution in [0.1, 0.15) is 28.3 Å². The second-order valence-electron chi connectivity index (χ2n) is 5.22. The Labute approximate surface area is 134 Å². The van der Waals surface area contributed by atoms with Crippen molar-refractivity contribution >= 4 is 22.7 Å². The Bertz CT molecular complexity index is 595. The number of thiophene rings is 2. The fourth-order valence-electron chi connectivity index (χ4n) is 2.53. The molecule has 1 atom stereocenters. The van der Waals surface area contributed by atoms with E-state index in [1.165, 1.54) is 15.3 Å². The molecule has 2 heterocycles. The number of nitrogens with one attached hydrogen (secondary N) is 1. The van der Waals surface area contributed by atoms with Crippen LogP contribution in [0.25, 0.3) is 0 Å². The van der Waals surface area contributed by atoms with Crippen molar-refractivity contribution in [1.82, 2.24) is 5.32 Å². The van der Waals surface area contributed by atoms with Gasteiger partial charge in [-0.05, 0) is 41.8 Å². The summed E-state index contributed by atoms with van der Waals surface area (Å²) in [6.45, 7) is 2.27. The second-order valence-corrected chi connectivity index (χ2v) is 7.18. The van der Waals surface area contributed by atoms with Gasteiger partial charge in [-0.15, -0.1) is 22.7 Å². The van der Waals surface area contributed by atoms with E-state index in [2.05, 4.69) is 77.6 Å². The molecule has 0 radical (unpaired) electrons. The Balaban J connectivity index is 1.73. The van der Waals surface area contributed by atoms with Gasteiger partial charge in [-0.1, -0.05) is 42.5 Å². The van der Waals surface area contributed by atoms with Gasteiger partial charge >= 0.3 is 0 Å². The molecule has 0 fully saturated rings. The number of hydrogen-bond donors (Lipinski definition) is 1. The minimum absolute atomic E-state index is 0.309. The van der Waals surface area contributed by atoms with E-state index in [1.54, 1.807) is 0 Å². The van der Waals surface area contributed by atoms with Gasteiger partial charge in [0.1, 0.15) is 0 Å². The maximum absolute atomic E-state index is 3.79. The zero-order chi connectivity index (χ0) is 14.5. The van der Waals surface area contributed by atoms with Gasteiger partial charge in [0.15, 0.2) is 0 Å². The van der Waals surface area contributed by atoms with Crippen LogP contribution in [0.3, 0.4) is 0 Å². The van der Waals surface area contributed by atoms with Crippen LogP contribution in [0.15, 0.2) is 65.4 Å². The zero-order valence-electron chi connectivity index (χ0n) is 12.0. The summed E-state index contributed by atoms with van der Waals surface area (Å²) in [6.07, 6.45) is 1.05. The maximum Gasteiger partial charge on any atom is 0.0767 e. The standard InChI is InChI=1S/C18H19NS2/c1-14(13-15-7-3-2-4-8-15)19-18(16-9-5-11-20-16)17-10-6-12-21-17/h2-12,14,18-19H,13H2,1H3. The highest BCUT2D eigenvalue weighted by atomic mass is 32.1. The van der Waals surface area contributed by atoms with Gasteiger partial charge in [0.05, 0.1) is 6.04 Å². The monoisotopic (exact) mass is 313 g/mol. The molecule has 0 amide bonds. The third-order valence-electron chi connectivity index (χ3n) is 3.49.